The maximum absolute atomic E-state index is 2.45. The van der Waals surface area contributed by atoms with Gasteiger partial charge in [-0.05, 0) is 71.3 Å². The molecule has 0 radical (unpaired) electrons. The third kappa shape index (κ3) is 4.02. The molecule has 0 aliphatic heterocycles. The van der Waals surface area contributed by atoms with Crippen LogP contribution in [0.25, 0.3) is 48.2 Å². The van der Waals surface area contributed by atoms with Crippen LogP contribution in [-0.4, -0.2) is 4.40 Å². The van der Waals surface area contributed by atoms with Gasteiger partial charge >= 0.3 is 0 Å². The molecule has 2 nitrogen and oxygen atoms in total. The molecule has 0 unspecified atom stereocenters. The zero-order valence-electron chi connectivity index (χ0n) is 22.3. The van der Waals surface area contributed by atoms with Gasteiger partial charge in [0.05, 0.1) is 15.7 Å². The van der Waals surface area contributed by atoms with Crippen LogP contribution in [0.2, 0.25) is 0 Å². The standard InChI is InChI=1S/C38H26N2S/c1-4-12-28(13-5-1)37-33-18-10-11-19-34(33)40-35-26-29(22-25-36(35)41-38(37)40)27-20-23-32(24-21-27)39(30-14-6-2-7-15-30)31-16-8-3-9-17-31/h1-26H. The lowest BCUT2D eigenvalue weighted by Gasteiger charge is -2.25. The van der Waals surface area contributed by atoms with Crippen LogP contribution < -0.4 is 4.90 Å². The van der Waals surface area contributed by atoms with Crippen molar-refractivity contribution in [1.82, 2.24) is 4.40 Å². The molecule has 194 valence electrons. The van der Waals surface area contributed by atoms with Gasteiger partial charge in [0.25, 0.3) is 0 Å². The number of hydrogen-bond acceptors (Lipinski definition) is 2. The molecule has 0 saturated carbocycles. The summed E-state index contributed by atoms with van der Waals surface area (Å²) in [6.07, 6.45) is 0. The van der Waals surface area contributed by atoms with Crippen molar-refractivity contribution in [2.45, 2.75) is 0 Å². The number of aromatic nitrogens is 1. The van der Waals surface area contributed by atoms with Crippen molar-refractivity contribution in [1.29, 1.82) is 0 Å². The molecular formula is C38H26N2S. The lowest BCUT2D eigenvalue weighted by molar-refractivity contribution is 1.28. The number of thiazole rings is 1. The molecule has 0 aliphatic rings. The highest BCUT2D eigenvalue weighted by atomic mass is 32.1. The highest BCUT2D eigenvalue weighted by molar-refractivity contribution is 7.24. The number of anilines is 3. The largest absolute Gasteiger partial charge is 0.311 e. The highest BCUT2D eigenvalue weighted by Crippen LogP contribution is 2.43. The van der Waals surface area contributed by atoms with Gasteiger partial charge in [-0.15, -0.1) is 11.3 Å². The molecule has 0 saturated heterocycles. The molecule has 0 N–H and O–H groups in total. The van der Waals surface area contributed by atoms with Gasteiger partial charge in [0, 0.05) is 28.0 Å². The van der Waals surface area contributed by atoms with Crippen molar-refractivity contribution >= 4 is 54.3 Å². The molecule has 0 aliphatic carbocycles. The minimum atomic E-state index is 1.13. The predicted molar refractivity (Wildman–Crippen MR) is 176 cm³/mol. The zero-order chi connectivity index (χ0) is 27.2. The second kappa shape index (κ2) is 9.81. The minimum Gasteiger partial charge on any atom is -0.311 e. The molecule has 8 rings (SSSR count). The van der Waals surface area contributed by atoms with Gasteiger partial charge in [-0.1, -0.05) is 103 Å². The van der Waals surface area contributed by atoms with E-state index in [4.69, 9.17) is 0 Å². The molecule has 0 fully saturated rings. The van der Waals surface area contributed by atoms with E-state index in [0.717, 1.165) is 17.1 Å². The first-order valence-corrected chi connectivity index (χ1v) is 14.7. The Morgan fingerprint density at radius 3 is 1.68 bits per heavy atom. The van der Waals surface area contributed by atoms with E-state index in [0.29, 0.717) is 0 Å². The Labute approximate surface area is 243 Å². The Bertz CT molecular complexity index is 2090. The summed E-state index contributed by atoms with van der Waals surface area (Å²) in [5.74, 6) is 0. The molecule has 0 spiro atoms. The van der Waals surface area contributed by atoms with Gasteiger partial charge in [-0.3, -0.25) is 4.40 Å². The summed E-state index contributed by atoms with van der Waals surface area (Å²) in [5, 5.41) is 1.29. The molecule has 3 heteroatoms. The van der Waals surface area contributed by atoms with Crippen molar-refractivity contribution in [2.24, 2.45) is 0 Å². The Hall–Kier alpha value is -5.12. The van der Waals surface area contributed by atoms with Crippen LogP contribution in [0.15, 0.2) is 158 Å². The number of benzene rings is 6. The maximum atomic E-state index is 2.45. The van der Waals surface area contributed by atoms with Gasteiger partial charge in [0.15, 0.2) is 0 Å². The van der Waals surface area contributed by atoms with Crippen LogP contribution >= 0.6 is 11.3 Å². The Kier molecular flexibility index (Phi) is 5.68. The second-order valence-electron chi connectivity index (χ2n) is 10.2. The number of hydrogen-bond donors (Lipinski definition) is 0. The van der Waals surface area contributed by atoms with Crippen molar-refractivity contribution < 1.29 is 0 Å². The van der Waals surface area contributed by atoms with E-state index >= 15 is 0 Å². The van der Waals surface area contributed by atoms with Crippen LogP contribution in [0.4, 0.5) is 17.1 Å². The average Bonchev–Trinajstić information content (AvgIpc) is 3.57. The zero-order valence-corrected chi connectivity index (χ0v) is 23.1. The molecular weight excluding hydrogens is 516 g/mol. The Morgan fingerprint density at radius 1 is 0.439 bits per heavy atom. The lowest BCUT2D eigenvalue weighted by atomic mass is 10.0. The van der Waals surface area contributed by atoms with Gasteiger partial charge in [0.1, 0.15) is 4.83 Å². The van der Waals surface area contributed by atoms with Crippen LogP contribution in [0.3, 0.4) is 0 Å². The van der Waals surface area contributed by atoms with Gasteiger partial charge < -0.3 is 4.90 Å². The van der Waals surface area contributed by atoms with Crippen molar-refractivity contribution in [3.05, 3.63) is 158 Å². The van der Waals surface area contributed by atoms with E-state index in [1.54, 1.807) is 0 Å². The molecule has 2 aromatic heterocycles. The molecule has 2 heterocycles. The Morgan fingerprint density at radius 2 is 1.00 bits per heavy atom. The summed E-state index contributed by atoms with van der Waals surface area (Å²) in [4.78, 5) is 3.59. The first-order chi connectivity index (χ1) is 20.3. The molecule has 6 aromatic carbocycles. The summed E-state index contributed by atoms with van der Waals surface area (Å²) >= 11 is 1.87. The molecule has 0 amide bonds. The predicted octanol–water partition coefficient (Wildman–Crippen LogP) is 11.1. The molecule has 0 atom stereocenters. The van der Waals surface area contributed by atoms with Crippen LogP contribution in [0.1, 0.15) is 0 Å². The lowest BCUT2D eigenvalue weighted by Crippen LogP contribution is -2.09. The van der Waals surface area contributed by atoms with Crippen molar-refractivity contribution in [3.8, 4) is 22.3 Å². The number of para-hydroxylation sites is 3. The molecule has 0 bridgehead atoms. The smallest absolute Gasteiger partial charge is 0.109 e. The van der Waals surface area contributed by atoms with Crippen molar-refractivity contribution in [2.75, 3.05) is 4.90 Å². The average molecular weight is 543 g/mol. The third-order valence-electron chi connectivity index (χ3n) is 7.79. The van der Waals surface area contributed by atoms with E-state index in [2.05, 4.69) is 167 Å². The summed E-state index contributed by atoms with van der Waals surface area (Å²) in [6.45, 7) is 0. The van der Waals surface area contributed by atoms with E-state index < -0.39 is 0 Å². The molecule has 8 aromatic rings. The number of rotatable bonds is 5. The normalized spacial score (nSPS) is 11.4. The van der Waals surface area contributed by atoms with E-state index in [9.17, 15) is 0 Å². The number of fused-ring (bicyclic) bond motifs is 5. The fraction of sp³-hybridized carbons (Fsp3) is 0. The SMILES string of the molecule is c1ccc(-c2c3ccccc3n3c2sc2ccc(-c4ccc(N(c5ccccc5)c5ccccc5)cc4)cc23)cc1. The monoisotopic (exact) mass is 542 g/mol. The van der Waals surface area contributed by atoms with Crippen LogP contribution in [-0.2, 0) is 0 Å². The minimum absolute atomic E-state index is 1.13. The quantitative estimate of drug-likeness (QED) is 0.210. The van der Waals surface area contributed by atoms with E-state index in [1.807, 2.05) is 11.3 Å². The summed E-state index contributed by atoms with van der Waals surface area (Å²) < 4.78 is 3.74. The van der Waals surface area contributed by atoms with Crippen molar-refractivity contribution in [3.63, 3.8) is 0 Å². The topological polar surface area (TPSA) is 7.65 Å². The fourth-order valence-electron chi connectivity index (χ4n) is 5.90. The highest BCUT2D eigenvalue weighted by Gasteiger charge is 2.18. The summed E-state index contributed by atoms with van der Waals surface area (Å²) in [5.41, 5.74) is 10.9. The van der Waals surface area contributed by atoms with Gasteiger partial charge in [-0.25, -0.2) is 0 Å². The van der Waals surface area contributed by atoms with Gasteiger partial charge in [-0.2, -0.15) is 0 Å². The van der Waals surface area contributed by atoms with Gasteiger partial charge in [0.2, 0.25) is 0 Å². The fourth-order valence-corrected chi connectivity index (χ4v) is 7.12. The third-order valence-corrected chi connectivity index (χ3v) is 8.93. The second-order valence-corrected chi connectivity index (χ2v) is 11.3. The van der Waals surface area contributed by atoms with E-state index in [1.165, 1.54) is 48.2 Å². The summed E-state index contributed by atoms with van der Waals surface area (Å²) in [7, 11) is 0. The molecule has 41 heavy (non-hydrogen) atoms. The first kappa shape index (κ1) is 23.7. The maximum Gasteiger partial charge on any atom is 0.109 e. The Balaban J connectivity index is 1.25. The van der Waals surface area contributed by atoms with E-state index in [-0.39, 0.29) is 0 Å². The van der Waals surface area contributed by atoms with Crippen LogP contribution in [0.5, 0.6) is 0 Å². The first-order valence-electron chi connectivity index (χ1n) is 13.9. The summed E-state index contributed by atoms with van der Waals surface area (Å²) in [6, 6.07) is 56.4. The number of nitrogens with zero attached hydrogens (tertiary/aromatic N) is 2. The van der Waals surface area contributed by atoms with Crippen LogP contribution in [0, 0.1) is 0 Å².